The number of urea groups is 1. The van der Waals surface area contributed by atoms with Crippen LogP contribution in [0.4, 0.5) is 4.79 Å². The zero-order chi connectivity index (χ0) is 15.2. The Hall–Kier alpha value is -1.71. The van der Waals surface area contributed by atoms with Gasteiger partial charge < -0.3 is 15.0 Å². The van der Waals surface area contributed by atoms with E-state index in [1.807, 2.05) is 17.0 Å². The summed E-state index contributed by atoms with van der Waals surface area (Å²) < 4.78 is 5.74. The number of aryl methyl sites for hydroxylation is 1. The lowest BCUT2D eigenvalue weighted by Gasteiger charge is -2.30. The molecule has 2 amide bonds. The summed E-state index contributed by atoms with van der Waals surface area (Å²) in [6.45, 7) is 9.14. The molecule has 0 aliphatic carbocycles. The molecule has 0 unspecified atom stereocenters. The van der Waals surface area contributed by atoms with E-state index < -0.39 is 0 Å². The molecule has 116 valence electrons. The van der Waals surface area contributed by atoms with Gasteiger partial charge in [0.15, 0.2) is 0 Å². The van der Waals surface area contributed by atoms with Gasteiger partial charge in [-0.2, -0.15) is 0 Å². The fourth-order valence-electron chi connectivity index (χ4n) is 2.52. The number of carbonyl (C=O) groups excluding carboxylic acids is 1. The van der Waals surface area contributed by atoms with Crippen LogP contribution in [0.2, 0.25) is 0 Å². The predicted octanol–water partition coefficient (Wildman–Crippen LogP) is 3.12. The Balaban J connectivity index is 1.70. The summed E-state index contributed by atoms with van der Waals surface area (Å²) in [6.07, 6.45) is 2.21. The molecular weight excluding hydrogens is 264 g/mol. The summed E-state index contributed by atoms with van der Waals surface area (Å²) >= 11 is 0. The van der Waals surface area contributed by atoms with Gasteiger partial charge in [-0.15, -0.1) is 0 Å². The van der Waals surface area contributed by atoms with E-state index in [0.29, 0.717) is 13.2 Å². The van der Waals surface area contributed by atoms with Crippen LogP contribution < -0.4 is 10.1 Å². The van der Waals surface area contributed by atoms with Gasteiger partial charge in [-0.1, -0.05) is 19.1 Å². The Kier molecular flexibility index (Phi) is 5.48. The second-order valence-corrected chi connectivity index (χ2v) is 5.95. The van der Waals surface area contributed by atoms with Crippen molar-refractivity contribution < 1.29 is 9.53 Å². The minimum atomic E-state index is 0.0338. The van der Waals surface area contributed by atoms with Gasteiger partial charge in [0.2, 0.25) is 0 Å². The van der Waals surface area contributed by atoms with Crippen molar-refractivity contribution in [1.29, 1.82) is 0 Å². The molecule has 1 aromatic carbocycles. The molecule has 1 aliphatic heterocycles. The molecule has 0 saturated carbocycles. The van der Waals surface area contributed by atoms with Crippen molar-refractivity contribution in [2.75, 3.05) is 26.2 Å². The zero-order valence-corrected chi connectivity index (χ0v) is 13.3. The number of carbonyl (C=O) groups is 1. The third-order valence-electron chi connectivity index (χ3n) is 4.26. The summed E-state index contributed by atoms with van der Waals surface area (Å²) in [6, 6.07) is 6.06. The van der Waals surface area contributed by atoms with Crippen molar-refractivity contribution in [3.63, 3.8) is 0 Å². The molecular formula is C17H26N2O2. The topological polar surface area (TPSA) is 41.6 Å². The van der Waals surface area contributed by atoms with Crippen LogP contribution in [0.15, 0.2) is 18.2 Å². The number of rotatable bonds is 4. The molecule has 1 heterocycles. The van der Waals surface area contributed by atoms with Gasteiger partial charge in [0, 0.05) is 13.1 Å². The van der Waals surface area contributed by atoms with Crippen molar-refractivity contribution in [2.24, 2.45) is 5.92 Å². The molecule has 21 heavy (non-hydrogen) atoms. The fourth-order valence-corrected chi connectivity index (χ4v) is 2.52. The van der Waals surface area contributed by atoms with Gasteiger partial charge in [-0.05, 0) is 49.8 Å². The maximum Gasteiger partial charge on any atom is 0.317 e. The third kappa shape index (κ3) is 4.38. The number of nitrogens with one attached hydrogen (secondary N) is 1. The van der Waals surface area contributed by atoms with Crippen LogP contribution in [-0.2, 0) is 0 Å². The average Bonchev–Trinajstić information content (AvgIpc) is 2.48. The van der Waals surface area contributed by atoms with Crippen molar-refractivity contribution in [3.8, 4) is 5.75 Å². The molecule has 1 saturated heterocycles. The van der Waals surface area contributed by atoms with Gasteiger partial charge >= 0.3 is 6.03 Å². The maximum atomic E-state index is 12.0. The fraction of sp³-hybridized carbons (Fsp3) is 0.588. The van der Waals surface area contributed by atoms with Crippen LogP contribution in [0, 0.1) is 19.8 Å². The normalized spacial score (nSPS) is 15.9. The summed E-state index contributed by atoms with van der Waals surface area (Å²) in [5.74, 6) is 1.64. The first-order chi connectivity index (χ1) is 10.1. The smallest absolute Gasteiger partial charge is 0.317 e. The maximum absolute atomic E-state index is 12.0. The molecule has 0 radical (unpaired) electrons. The molecule has 1 N–H and O–H groups in total. The van der Waals surface area contributed by atoms with Crippen molar-refractivity contribution in [3.05, 3.63) is 29.3 Å². The second-order valence-electron chi connectivity index (χ2n) is 5.95. The number of likely N-dealkylation sites (tertiary alicyclic amines) is 1. The number of benzene rings is 1. The number of amides is 2. The minimum absolute atomic E-state index is 0.0338. The lowest BCUT2D eigenvalue weighted by atomic mass is 10.00. The second kappa shape index (κ2) is 7.34. The molecule has 1 aromatic rings. The molecule has 0 spiro atoms. The first-order valence-corrected chi connectivity index (χ1v) is 7.79. The van der Waals surface area contributed by atoms with E-state index in [1.165, 1.54) is 5.56 Å². The number of hydrogen-bond donors (Lipinski definition) is 1. The van der Waals surface area contributed by atoms with E-state index in [9.17, 15) is 4.79 Å². The molecule has 0 bridgehead atoms. The lowest BCUT2D eigenvalue weighted by molar-refractivity contribution is 0.172. The molecule has 1 aliphatic rings. The van der Waals surface area contributed by atoms with Gasteiger partial charge in [0.1, 0.15) is 12.4 Å². The molecule has 0 aromatic heterocycles. The summed E-state index contributed by atoms with van der Waals surface area (Å²) in [4.78, 5) is 13.9. The van der Waals surface area contributed by atoms with E-state index in [1.54, 1.807) is 0 Å². The third-order valence-corrected chi connectivity index (χ3v) is 4.26. The Morgan fingerprint density at radius 2 is 2.05 bits per heavy atom. The van der Waals surface area contributed by atoms with Crippen molar-refractivity contribution in [1.82, 2.24) is 10.2 Å². The monoisotopic (exact) mass is 290 g/mol. The molecule has 4 nitrogen and oxygen atoms in total. The first-order valence-electron chi connectivity index (χ1n) is 7.79. The van der Waals surface area contributed by atoms with Crippen molar-refractivity contribution in [2.45, 2.75) is 33.6 Å². The van der Waals surface area contributed by atoms with E-state index >= 15 is 0 Å². The number of nitrogens with zero attached hydrogens (tertiary/aromatic N) is 1. The van der Waals surface area contributed by atoms with Crippen LogP contribution >= 0.6 is 0 Å². The van der Waals surface area contributed by atoms with E-state index in [-0.39, 0.29) is 6.03 Å². The van der Waals surface area contributed by atoms with Crippen molar-refractivity contribution >= 4 is 6.03 Å². The highest BCUT2D eigenvalue weighted by atomic mass is 16.5. The molecule has 1 fully saturated rings. The van der Waals surface area contributed by atoms with E-state index in [4.69, 9.17) is 4.74 Å². The van der Waals surface area contributed by atoms with Crippen LogP contribution in [0.1, 0.15) is 30.9 Å². The van der Waals surface area contributed by atoms with Crippen LogP contribution in [0.5, 0.6) is 5.75 Å². The highest BCUT2D eigenvalue weighted by Crippen LogP contribution is 2.20. The Morgan fingerprint density at radius 1 is 1.33 bits per heavy atom. The summed E-state index contributed by atoms with van der Waals surface area (Å²) in [5.41, 5.74) is 2.38. The molecule has 2 rings (SSSR count). The van der Waals surface area contributed by atoms with E-state index in [0.717, 1.165) is 43.2 Å². The molecule has 4 heteroatoms. The standard InChI is InChI=1S/C17H26N2O2/c1-13-7-10-19(11-8-13)17(20)18-9-12-21-16-6-4-5-14(2)15(16)3/h4-6,13H,7-12H2,1-3H3,(H,18,20). The molecule has 0 atom stereocenters. The average molecular weight is 290 g/mol. The van der Waals surface area contributed by atoms with Gasteiger partial charge in [0.25, 0.3) is 0 Å². The lowest BCUT2D eigenvalue weighted by Crippen LogP contribution is -2.45. The largest absolute Gasteiger partial charge is 0.491 e. The Bertz CT molecular complexity index is 480. The summed E-state index contributed by atoms with van der Waals surface area (Å²) in [5, 5.41) is 2.93. The van der Waals surface area contributed by atoms with Crippen LogP contribution in [0.25, 0.3) is 0 Å². The predicted molar refractivity (Wildman–Crippen MR) is 84.8 cm³/mol. The van der Waals surface area contributed by atoms with E-state index in [2.05, 4.69) is 32.2 Å². The quantitative estimate of drug-likeness (QED) is 0.866. The summed E-state index contributed by atoms with van der Waals surface area (Å²) in [7, 11) is 0. The highest BCUT2D eigenvalue weighted by Gasteiger charge is 2.19. The Morgan fingerprint density at radius 3 is 2.76 bits per heavy atom. The van der Waals surface area contributed by atoms with Gasteiger partial charge in [-0.25, -0.2) is 4.79 Å². The highest BCUT2D eigenvalue weighted by molar-refractivity contribution is 5.74. The van der Waals surface area contributed by atoms with Gasteiger partial charge in [0.05, 0.1) is 6.54 Å². The first kappa shape index (κ1) is 15.7. The number of ether oxygens (including phenoxy) is 1. The SMILES string of the molecule is Cc1cccc(OCCNC(=O)N2CCC(C)CC2)c1C. The van der Waals surface area contributed by atoms with Crippen LogP contribution in [0.3, 0.4) is 0 Å². The number of hydrogen-bond acceptors (Lipinski definition) is 2. The minimum Gasteiger partial charge on any atom is -0.491 e. The van der Waals surface area contributed by atoms with Gasteiger partial charge in [-0.3, -0.25) is 0 Å². The number of piperidine rings is 1. The Labute approximate surface area is 127 Å². The zero-order valence-electron chi connectivity index (χ0n) is 13.3. The van der Waals surface area contributed by atoms with Crippen LogP contribution in [-0.4, -0.2) is 37.2 Å².